The fraction of sp³-hybridized carbons (Fsp3) is 0.438. The molecule has 1 aromatic heterocycles. The van der Waals surface area contributed by atoms with E-state index in [2.05, 4.69) is 15.5 Å². The maximum atomic E-state index is 11.8. The van der Waals surface area contributed by atoms with Gasteiger partial charge in [0.15, 0.2) is 0 Å². The van der Waals surface area contributed by atoms with E-state index in [1.807, 2.05) is 26.0 Å². The van der Waals surface area contributed by atoms with Crippen LogP contribution in [-0.4, -0.2) is 28.1 Å². The number of hydrogen-bond acceptors (Lipinski definition) is 5. The summed E-state index contributed by atoms with van der Waals surface area (Å²) in [6, 6.07) is 7.21. The van der Waals surface area contributed by atoms with E-state index in [1.165, 1.54) is 0 Å². The molecule has 0 saturated carbocycles. The van der Waals surface area contributed by atoms with Gasteiger partial charge in [-0.1, -0.05) is 16.8 Å². The van der Waals surface area contributed by atoms with Crippen molar-refractivity contribution in [3.8, 4) is 11.4 Å². The van der Waals surface area contributed by atoms with Crippen LogP contribution in [0.3, 0.4) is 0 Å². The number of nitrogens with zero attached hydrogens (tertiary/aromatic N) is 2. The molecule has 2 rings (SSSR count). The van der Waals surface area contributed by atoms with Gasteiger partial charge < -0.3 is 15.6 Å². The van der Waals surface area contributed by atoms with E-state index in [4.69, 9.17) is 21.9 Å². The lowest BCUT2D eigenvalue weighted by Crippen LogP contribution is -2.48. The lowest BCUT2D eigenvalue weighted by molar-refractivity contribution is -0.122. The zero-order valence-corrected chi connectivity index (χ0v) is 14.1. The number of aromatic nitrogens is 2. The Kier molecular flexibility index (Phi) is 5.74. The van der Waals surface area contributed by atoms with Crippen molar-refractivity contribution >= 4 is 17.5 Å². The number of hydrogen-bond donors (Lipinski definition) is 2. The number of rotatable bonds is 7. The van der Waals surface area contributed by atoms with Crippen LogP contribution in [0.1, 0.15) is 32.6 Å². The second kappa shape index (κ2) is 7.57. The minimum absolute atomic E-state index is 0.0297. The van der Waals surface area contributed by atoms with E-state index in [9.17, 15) is 4.79 Å². The van der Waals surface area contributed by atoms with Crippen LogP contribution in [0.2, 0.25) is 5.02 Å². The Labute approximate surface area is 140 Å². The molecule has 1 aromatic carbocycles. The Morgan fingerprint density at radius 1 is 1.35 bits per heavy atom. The molecule has 7 heteroatoms. The standard InChI is InChI=1S/C16H21ClN4O2/c1-16(2,10-18)20-13(22)4-3-5-14-19-15(21-23-14)11-6-8-12(17)9-7-11/h6-9H,3-5,10,18H2,1-2H3,(H,20,22). The van der Waals surface area contributed by atoms with Crippen LogP contribution >= 0.6 is 11.6 Å². The second-order valence-corrected chi connectivity index (χ2v) is 6.44. The van der Waals surface area contributed by atoms with Crippen molar-refractivity contribution in [3.05, 3.63) is 35.2 Å². The van der Waals surface area contributed by atoms with E-state index in [-0.39, 0.29) is 11.4 Å². The lowest BCUT2D eigenvalue weighted by Gasteiger charge is -2.24. The Morgan fingerprint density at radius 2 is 2.04 bits per heavy atom. The van der Waals surface area contributed by atoms with Crippen molar-refractivity contribution in [2.45, 2.75) is 38.6 Å². The first-order chi connectivity index (χ1) is 10.9. The van der Waals surface area contributed by atoms with Gasteiger partial charge in [-0.05, 0) is 44.5 Å². The van der Waals surface area contributed by atoms with Crippen LogP contribution < -0.4 is 11.1 Å². The first kappa shape index (κ1) is 17.4. The monoisotopic (exact) mass is 336 g/mol. The Hall–Kier alpha value is -1.92. The molecule has 0 spiro atoms. The van der Waals surface area contributed by atoms with Gasteiger partial charge in [-0.2, -0.15) is 4.98 Å². The molecule has 124 valence electrons. The van der Waals surface area contributed by atoms with E-state index in [0.717, 1.165) is 5.56 Å². The zero-order chi connectivity index (χ0) is 16.9. The molecule has 3 N–H and O–H groups in total. The van der Waals surface area contributed by atoms with Crippen LogP contribution in [0.25, 0.3) is 11.4 Å². The summed E-state index contributed by atoms with van der Waals surface area (Å²) in [7, 11) is 0. The quantitative estimate of drug-likeness (QED) is 0.810. The smallest absolute Gasteiger partial charge is 0.226 e. The third-order valence-corrected chi connectivity index (χ3v) is 3.61. The molecule has 1 heterocycles. The molecule has 0 fully saturated rings. The number of nitrogens with two attached hydrogens (primary N) is 1. The lowest BCUT2D eigenvalue weighted by atomic mass is 10.1. The van der Waals surface area contributed by atoms with Crippen LogP contribution in [0.5, 0.6) is 0 Å². The molecule has 0 radical (unpaired) electrons. The van der Waals surface area contributed by atoms with Gasteiger partial charge in [0.05, 0.1) is 0 Å². The summed E-state index contributed by atoms with van der Waals surface area (Å²) in [6.07, 6.45) is 1.58. The van der Waals surface area contributed by atoms with Crippen LogP contribution in [0.4, 0.5) is 0 Å². The molecular weight excluding hydrogens is 316 g/mol. The SMILES string of the molecule is CC(C)(CN)NC(=O)CCCc1nc(-c2ccc(Cl)cc2)no1. The van der Waals surface area contributed by atoms with E-state index in [1.54, 1.807) is 12.1 Å². The molecule has 0 aliphatic carbocycles. The van der Waals surface area contributed by atoms with Gasteiger partial charge in [0.25, 0.3) is 0 Å². The topological polar surface area (TPSA) is 94.0 Å². The number of carbonyl (C=O) groups is 1. The average Bonchev–Trinajstić information content (AvgIpc) is 2.96. The zero-order valence-electron chi connectivity index (χ0n) is 13.3. The largest absolute Gasteiger partial charge is 0.350 e. The highest BCUT2D eigenvalue weighted by Crippen LogP contribution is 2.19. The molecule has 2 aromatic rings. The molecule has 0 saturated heterocycles. The van der Waals surface area contributed by atoms with Crippen molar-refractivity contribution in [2.24, 2.45) is 5.73 Å². The number of amides is 1. The number of aryl methyl sites for hydroxylation is 1. The summed E-state index contributed by atoms with van der Waals surface area (Å²) in [5.74, 6) is 1.00. The van der Waals surface area contributed by atoms with Crippen LogP contribution in [0, 0.1) is 0 Å². The van der Waals surface area contributed by atoms with Gasteiger partial charge in [-0.15, -0.1) is 0 Å². The highest BCUT2D eigenvalue weighted by molar-refractivity contribution is 6.30. The molecule has 0 bridgehead atoms. The van der Waals surface area contributed by atoms with Crippen molar-refractivity contribution < 1.29 is 9.32 Å². The van der Waals surface area contributed by atoms with Crippen LogP contribution in [0.15, 0.2) is 28.8 Å². The van der Waals surface area contributed by atoms with E-state index < -0.39 is 0 Å². The first-order valence-electron chi connectivity index (χ1n) is 7.49. The summed E-state index contributed by atoms with van der Waals surface area (Å²) >= 11 is 5.85. The number of nitrogens with one attached hydrogen (secondary N) is 1. The van der Waals surface area contributed by atoms with Gasteiger partial charge in [-0.3, -0.25) is 4.79 Å². The number of benzene rings is 1. The molecule has 0 unspecified atom stereocenters. The Morgan fingerprint density at radius 3 is 2.70 bits per heavy atom. The van der Waals surface area contributed by atoms with Crippen molar-refractivity contribution in [3.63, 3.8) is 0 Å². The highest BCUT2D eigenvalue weighted by Gasteiger charge is 2.18. The summed E-state index contributed by atoms with van der Waals surface area (Å²) in [5.41, 5.74) is 6.04. The van der Waals surface area contributed by atoms with Gasteiger partial charge in [0.1, 0.15) is 0 Å². The predicted molar refractivity (Wildman–Crippen MR) is 89.0 cm³/mol. The summed E-state index contributed by atoms with van der Waals surface area (Å²) in [5, 5.41) is 7.48. The third kappa shape index (κ3) is 5.33. The fourth-order valence-corrected chi connectivity index (χ4v) is 2.09. The first-order valence-corrected chi connectivity index (χ1v) is 7.87. The molecule has 23 heavy (non-hydrogen) atoms. The average molecular weight is 337 g/mol. The molecule has 0 atom stereocenters. The maximum Gasteiger partial charge on any atom is 0.226 e. The molecular formula is C16H21ClN4O2. The Balaban J connectivity index is 1.83. The van der Waals surface area contributed by atoms with Gasteiger partial charge in [-0.25, -0.2) is 0 Å². The minimum atomic E-state index is -0.386. The number of carbonyl (C=O) groups excluding carboxylic acids is 1. The maximum absolute atomic E-state index is 11.8. The summed E-state index contributed by atoms with van der Waals surface area (Å²) < 4.78 is 5.21. The third-order valence-electron chi connectivity index (χ3n) is 3.35. The molecule has 0 aliphatic heterocycles. The molecule has 0 aliphatic rings. The number of halogens is 1. The predicted octanol–water partition coefficient (Wildman–Crippen LogP) is 2.57. The van der Waals surface area contributed by atoms with E-state index in [0.29, 0.717) is 42.5 Å². The Bertz CT molecular complexity index is 652. The van der Waals surface area contributed by atoms with Gasteiger partial charge in [0.2, 0.25) is 17.6 Å². The van der Waals surface area contributed by atoms with Crippen molar-refractivity contribution in [2.75, 3.05) is 6.54 Å². The fourth-order valence-electron chi connectivity index (χ4n) is 1.96. The summed E-state index contributed by atoms with van der Waals surface area (Å²) in [6.45, 7) is 4.18. The van der Waals surface area contributed by atoms with Crippen LogP contribution in [-0.2, 0) is 11.2 Å². The normalized spacial score (nSPS) is 11.5. The van der Waals surface area contributed by atoms with Gasteiger partial charge in [0, 0.05) is 35.5 Å². The van der Waals surface area contributed by atoms with Gasteiger partial charge >= 0.3 is 0 Å². The minimum Gasteiger partial charge on any atom is -0.350 e. The summed E-state index contributed by atoms with van der Waals surface area (Å²) in [4.78, 5) is 16.1. The second-order valence-electron chi connectivity index (χ2n) is 6.01. The highest BCUT2D eigenvalue weighted by atomic mass is 35.5. The molecule has 1 amide bonds. The van der Waals surface area contributed by atoms with E-state index >= 15 is 0 Å². The van der Waals surface area contributed by atoms with Crippen molar-refractivity contribution in [1.82, 2.24) is 15.5 Å². The van der Waals surface area contributed by atoms with Crippen molar-refractivity contribution in [1.29, 1.82) is 0 Å². The molecule has 6 nitrogen and oxygen atoms in total.